The smallest absolute Gasteiger partial charge is 0.197 e. The average Bonchev–Trinajstić information content (AvgIpc) is 3.47. The van der Waals surface area contributed by atoms with Crippen molar-refractivity contribution < 1.29 is 0 Å². The minimum absolute atomic E-state index is 0.0590. The van der Waals surface area contributed by atoms with Gasteiger partial charge in [-0.25, -0.2) is 0 Å². The largest absolute Gasteiger partial charge is 0.309 e. The molecule has 2 nitrogen and oxygen atoms in total. The molecule has 260 valence electrons. The Bertz CT molecular complexity index is 2780. The van der Waals surface area contributed by atoms with Gasteiger partial charge in [-0.2, -0.15) is 0 Å². The molecule has 0 atom stereocenters. The van der Waals surface area contributed by atoms with Crippen LogP contribution in [0, 0.1) is 0 Å². The van der Waals surface area contributed by atoms with Crippen LogP contribution in [0.5, 0.6) is 0 Å². The van der Waals surface area contributed by atoms with E-state index in [-0.39, 0.29) is 16.3 Å². The number of rotatable bonds is 2. The zero-order valence-electron chi connectivity index (χ0n) is 31.2. The Morgan fingerprint density at radius 3 is 1.41 bits per heavy atom. The highest BCUT2D eigenvalue weighted by atomic mass is 16.1. The third kappa shape index (κ3) is 4.25. The summed E-state index contributed by atoms with van der Waals surface area (Å²) in [6.45, 7) is 9.56. The molecule has 11 rings (SSSR count). The SMILES string of the molecule is CC1(C)c2ccccc2-c2cc3c(cc21)CC(c1ccc(-n2c4ccccc4c(=O)c4ccccc42)cc1)Cc1cc2c(cc1-3)-c1ccccc1C2(C)C. The highest BCUT2D eigenvalue weighted by Crippen LogP contribution is 2.55. The first-order valence-electron chi connectivity index (χ1n) is 19.4. The summed E-state index contributed by atoms with van der Waals surface area (Å²) in [5.74, 6) is 0.302. The monoisotopic (exact) mass is 695 g/mol. The van der Waals surface area contributed by atoms with Crippen molar-refractivity contribution in [1.82, 2.24) is 4.57 Å². The van der Waals surface area contributed by atoms with Crippen molar-refractivity contribution in [3.05, 3.63) is 195 Å². The van der Waals surface area contributed by atoms with Crippen LogP contribution in [0.3, 0.4) is 0 Å². The van der Waals surface area contributed by atoms with Crippen LogP contribution in [-0.2, 0) is 23.7 Å². The van der Waals surface area contributed by atoms with Crippen LogP contribution in [0.2, 0.25) is 0 Å². The molecular formula is C52H41NO. The molecule has 0 N–H and O–H groups in total. The lowest BCUT2D eigenvalue weighted by atomic mass is 9.80. The Kier molecular flexibility index (Phi) is 6.44. The van der Waals surface area contributed by atoms with Crippen LogP contribution in [0.15, 0.2) is 150 Å². The first-order valence-corrected chi connectivity index (χ1v) is 19.4. The first kappa shape index (κ1) is 31.5. The predicted octanol–water partition coefficient (Wildman–Crippen LogP) is 12.3. The van der Waals surface area contributed by atoms with Gasteiger partial charge in [-0.3, -0.25) is 4.79 Å². The Morgan fingerprint density at radius 1 is 0.463 bits per heavy atom. The van der Waals surface area contributed by atoms with Gasteiger partial charge in [0.25, 0.3) is 0 Å². The molecule has 1 heterocycles. The van der Waals surface area contributed by atoms with Gasteiger partial charge < -0.3 is 4.57 Å². The summed E-state index contributed by atoms with van der Waals surface area (Å²) in [7, 11) is 0. The molecule has 0 saturated carbocycles. The summed E-state index contributed by atoms with van der Waals surface area (Å²) < 4.78 is 2.25. The zero-order valence-corrected chi connectivity index (χ0v) is 31.2. The number of hydrogen-bond acceptors (Lipinski definition) is 1. The van der Waals surface area contributed by atoms with Crippen molar-refractivity contribution in [2.75, 3.05) is 0 Å². The van der Waals surface area contributed by atoms with Crippen LogP contribution in [0.25, 0.3) is 60.9 Å². The topological polar surface area (TPSA) is 22.0 Å². The van der Waals surface area contributed by atoms with Crippen LogP contribution in [0.4, 0.5) is 0 Å². The van der Waals surface area contributed by atoms with E-state index in [2.05, 4.69) is 141 Å². The maximum absolute atomic E-state index is 13.5. The molecule has 54 heavy (non-hydrogen) atoms. The minimum atomic E-state index is -0.0590. The van der Waals surface area contributed by atoms with Crippen molar-refractivity contribution in [3.63, 3.8) is 0 Å². The number of aromatic nitrogens is 1. The maximum atomic E-state index is 13.5. The Balaban J connectivity index is 1.10. The molecular weight excluding hydrogens is 655 g/mol. The number of para-hydroxylation sites is 2. The Labute approximate surface area is 316 Å². The Hall–Kier alpha value is -5.99. The van der Waals surface area contributed by atoms with E-state index >= 15 is 0 Å². The molecule has 1 aromatic heterocycles. The lowest BCUT2D eigenvalue weighted by Crippen LogP contribution is -2.15. The molecule has 3 aliphatic carbocycles. The number of nitrogens with zero attached hydrogens (tertiary/aromatic N) is 1. The molecule has 2 heteroatoms. The van der Waals surface area contributed by atoms with Crippen LogP contribution >= 0.6 is 0 Å². The van der Waals surface area contributed by atoms with E-state index in [0.717, 1.165) is 40.3 Å². The van der Waals surface area contributed by atoms with Gasteiger partial charge in [-0.05, 0) is 140 Å². The molecule has 7 aromatic carbocycles. The highest BCUT2D eigenvalue weighted by Gasteiger charge is 2.39. The summed E-state index contributed by atoms with van der Waals surface area (Å²) in [4.78, 5) is 13.5. The highest BCUT2D eigenvalue weighted by molar-refractivity contribution is 5.95. The van der Waals surface area contributed by atoms with Gasteiger partial charge in [0, 0.05) is 27.3 Å². The molecule has 3 aliphatic rings. The first-order chi connectivity index (χ1) is 26.2. The fourth-order valence-electron chi connectivity index (χ4n) is 10.4. The van der Waals surface area contributed by atoms with E-state index in [4.69, 9.17) is 0 Å². The van der Waals surface area contributed by atoms with Crippen molar-refractivity contribution in [1.29, 1.82) is 0 Å². The number of hydrogen-bond donors (Lipinski definition) is 0. The van der Waals surface area contributed by atoms with Crippen molar-refractivity contribution in [2.24, 2.45) is 0 Å². The summed E-state index contributed by atoms with van der Waals surface area (Å²) in [5, 5.41) is 1.49. The molecule has 0 fully saturated rings. The lowest BCUT2D eigenvalue weighted by Gasteiger charge is -2.23. The van der Waals surface area contributed by atoms with Crippen molar-refractivity contribution >= 4 is 21.8 Å². The summed E-state index contributed by atoms with van der Waals surface area (Å²) in [6, 6.07) is 53.4. The van der Waals surface area contributed by atoms with Gasteiger partial charge in [0.2, 0.25) is 0 Å². The van der Waals surface area contributed by atoms with E-state index in [9.17, 15) is 4.79 Å². The molecule has 0 amide bonds. The molecule has 0 unspecified atom stereocenters. The van der Waals surface area contributed by atoms with E-state index in [1.807, 2.05) is 36.4 Å². The summed E-state index contributed by atoms with van der Waals surface area (Å²) in [5.41, 5.74) is 21.1. The van der Waals surface area contributed by atoms with Gasteiger partial charge in [0.05, 0.1) is 11.0 Å². The fraction of sp³-hybridized carbons (Fsp3) is 0.173. The molecule has 0 aliphatic heterocycles. The van der Waals surface area contributed by atoms with Crippen molar-refractivity contribution in [3.8, 4) is 39.1 Å². The maximum Gasteiger partial charge on any atom is 0.197 e. The number of fused-ring (bicyclic) bond motifs is 11. The summed E-state index contributed by atoms with van der Waals surface area (Å²) in [6.07, 6.45) is 1.94. The normalized spacial score (nSPS) is 15.9. The third-order valence-corrected chi connectivity index (χ3v) is 13.2. The van der Waals surface area contributed by atoms with E-state index in [1.54, 1.807) is 0 Å². The molecule has 0 bridgehead atoms. The van der Waals surface area contributed by atoms with Crippen LogP contribution < -0.4 is 5.43 Å². The second kappa shape index (κ2) is 11.0. The van der Waals surface area contributed by atoms with E-state index < -0.39 is 0 Å². The third-order valence-electron chi connectivity index (χ3n) is 13.2. The number of pyridine rings is 1. The average molecular weight is 696 g/mol. The van der Waals surface area contributed by atoms with Gasteiger partial charge in [-0.15, -0.1) is 0 Å². The van der Waals surface area contributed by atoms with Gasteiger partial charge in [0.15, 0.2) is 5.43 Å². The molecule has 0 radical (unpaired) electrons. The zero-order chi connectivity index (χ0) is 36.5. The standard InChI is InChI=1S/C52H41NO/c1-51(2)44-17-9-5-13-36(44)42-29-40-33(27-46(42)51)25-32(26-34-28-47-43(30-41(34)40)37-14-6-10-18-45(37)52(47,3)4)31-21-23-35(24-22-31)53-48-19-11-7-15-38(48)50(54)39-16-8-12-20-49(39)53/h5-24,27-30,32H,25-26H2,1-4H3. The Morgan fingerprint density at radius 2 is 0.907 bits per heavy atom. The van der Waals surface area contributed by atoms with E-state index in [0.29, 0.717) is 5.92 Å². The second-order valence-corrected chi connectivity index (χ2v) is 16.8. The minimum Gasteiger partial charge on any atom is -0.309 e. The van der Waals surface area contributed by atoms with Gasteiger partial charge >= 0.3 is 0 Å². The predicted molar refractivity (Wildman–Crippen MR) is 224 cm³/mol. The molecule has 8 aromatic rings. The summed E-state index contributed by atoms with van der Waals surface area (Å²) >= 11 is 0. The lowest BCUT2D eigenvalue weighted by molar-refractivity contribution is 0.650. The molecule has 0 saturated heterocycles. The quantitative estimate of drug-likeness (QED) is 0.165. The van der Waals surface area contributed by atoms with Gasteiger partial charge in [0.1, 0.15) is 0 Å². The molecule has 0 spiro atoms. The second-order valence-electron chi connectivity index (χ2n) is 16.8. The van der Waals surface area contributed by atoms with Gasteiger partial charge in [-0.1, -0.05) is 125 Å². The van der Waals surface area contributed by atoms with Crippen LogP contribution in [-0.4, -0.2) is 4.57 Å². The fourth-order valence-corrected chi connectivity index (χ4v) is 10.4. The number of benzene rings is 7. The van der Waals surface area contributed by atoms with E-state index in [1.165, 1.54) is 72.3 Å². The van der Waals surface area contributed by atoms with Crippen LogP contribution in [0.1, 0.15) is 72.6 Å². The van der Waals surface area contributed by atoms with Crippen molar-refractivity contribution in [2.45, 2.75) is 57.3 Å².